The maximum Gasteiger partial charge on any atom is 0.257 e. The smallest absolute Gasteiger partial charge is 0.257 e. The average Bonchev–Trinajstić information content (AvgIpc) is 2.35. The molecule has 2 aromatic carbocycles. The number of aromatic hydroxyl groups is 2. The van der Waals surface area contributed by atoms with Crippen LogP contribution in [0.25, 0.3) is 0 Å². The lowest BCUT2D eigenvalue weighted by molar-refractivity contribution is 0.102. The maximum atomic E-state index is 12.0. The van der Waals surface area contributed by atoms with Crippen LogP contribution in [-0.4, -0.2) is 16.1 Å². The van der Waals surface area contributed by atoms with Gasteiger partial charge in [0, 0.05) is 6.07 Å². The van der Waals surface area contributed by atoms with Crippen LogP contribution in [0.1, 0.15) is 10.4 Å². The lowest BCUT2D eigenvalue weighted by Gasteiger charge is -2.09. The second-order valence-corrected chi connectivity index (χ2v) is 4.60. The first-order valence-corrected chi connectivity index (χ1v) is 6.01. The number of carbonyl (C=O) groups is 1. The summed E-state index contributed by atoms with van der Waals surface area (Å²) in [6, 6.07) is 8.22. The Morgan fingerprint density at radius 1 is 0.947 bits per heavy atom. The molecule has 0 aliphatic rings. The van der Waals surface area contributed by atoms with Crippen molar-refractivity contribution in [2.24, 2.45) is 0 Å². The molecule has 0 fully saturated rings. The second-order valence-electron chi connectivity index (χ2n) is 3.78. The largest absolute Gasteiger partial charge is 0.508 e. The summed E-state index contributed by atoms with van der Waals surface area (Å²) in [6.07, 6.45) is 0. The van der Waals surface area contributed by atoms with Gasteiger partial charge >= 0.3 is 0 Å². The number of rotatable bonds is 2. The zero-order valence-corrected chi connectivity index (χ0v) is 11.0. The van der Waals surface area contributed by atoms with E-state index in [2.05, 4.69) is 5.32 Å². The van der Waals surface area contributed by atoms with Crippen LogP contribution in [0.3, 0.4) is 0 Å². The lowest BCUT2D eigenvalue weighted by atomic mass is 10.2. The highest BCUT2D eigenvalue weighted by molar-refractivity contribution is 6.36. The molecule has 98 valence electrons. The summed E-state index contributed by atoms with van der Waals surface area (Å²) in [5.74, 6) is -0.571. The van der Waals surface area contributed by atoms with E-state index in [4.69, 9.17) is 23.2 Å². The number of hydrogen-bond acceptors (Lipinski definition) is 3. The van der Waals surface area contributed by atoms with Gasteiger partial charge in [0.2, 0.25) is 0 Å². The summed E-state index contributed by atoms with van der Waals surface area (Å²) in [6.45, 7) is 0. The molecule has 0 saturated heterocycles. The molecule has 0 aliphatic carbocycles. The lowest BCUT2D eigenvalue weighted by Crippen LogP contribution is -2.12. The summed E-state index contributed by atoms with van der Waals surface area (Å²) in [4.78, 5) is 12.0. The van der Waals surface area contributed by atoms with Gasteiger partial charge in [-0.15, -0.1) is 0 Å². The van der Waals surface area contributed by atoms with Gasteiger partial charge in [0.25, 0.3) is 5.91 Å². The van der Waals surface area contributed by atoms with Crippen LogP contribution in [0.2, 0.25) is 10.0 Å². The zero-order valence-electron chi connectivity index (χ0n) is 9.52. The molecule has 0 saturated carbocycles. The predicted molar refractivity (Wildman–Crippen MR) is 74.2 cm³/mol. The van der Waals surface area contributed by atoms with Crippen molar-refractivity contribution in [3.8, 4) is 11.5 Å². The molecule has 2 aromatic rings. The van der Waals surface area contributed by atoms with Crippen molar-refractivity contribution in [2.75, 3.05) is 5.32 Å². The Labute approximate surface area is 119 Å². The first-order chi connectivity index (χ1) is 8.97. The van der Waals surface area contributed by atoms with Gasteiger partial charge in [0.1, 0.15) is 11.5 Å². The van der Waals surface area contributed by atoms with Gasteiger partial charge in [-0.3, -0.25) is 4.79 Å². The molecule has 1 amide bonds. The van der Waals surface area contributed by atoms with Crippen molar-refractivity contribution in [3.63, 3.8) is 0 Å². The third kappa shape index (κ3) is 3.10. The Hall–Kier alpha value is -1.91. The summed E-state index contributed by atoms with van der Waals surface area (Å²) >= 11 is 11.8. The Balaban J connectivity index is 2.28. The Kier molecular flexibility index (Phi) is 3.83. The van der Waals surface area contributed by atoms with E-state index >= 15 is 0 Å². The molecule has 2 rings (SSSR count). The topological polar surface area (TPSA) is 69.6 Å². The maximum absolute atomic E-state index is 12.0. The SMILES string of the molecule is O=C(Nc1ccc(O)cc1Cl)c1cc(O)ccc1Cl. The highest BCUT2D eigenvalue weighted by Crippen LogP contribution is 2.28. The van der Waals surface area contributed by atoms with Gasteiger partial charge in [0.05, 0.1) is 21.3 Å². The summed E-state index contributed by atoms with van der Waals surface area (Å²) in [7, 11) is 0. The van der Waals surface area contributed by atoms with Gasteiger partial charge in [-0.25, -0.2) is 0 Å². The van der Waals surface area contributed by atoms with Crippen molar-refractivity contribution in [1.29, 1.82) is 0 Å². The quantitative estimate of drug-likeness (QED) is 0.741. The molecule has 0 spiro atoms. The number of phenolic OH excluding ortho intramolecular Hbond substituents is 2. The number of anilines is 1. The van der Waals surface area contributed by atoms with E-state index in [1.165, 1.54) is 36.4 Å². The van der Waals surface area contributed by atoms with E-state index in [9.17, 15) is 15.0 Å². The molecule has 0 aliphatic heterocycles. The number of halogens is 2. The summed E-state index contributed by atoms with van der Waals surface area (Å²) < 4.78 is 0. The molecule has 6 heteroatoms. The number of hydrogen-bond donors (Lipinski definition) is 3. The van der Waals surface area contributed by atoms with Gasteiger partial charge in [-0.05, 0) is 30.3 Å². The van der Waals surface area contributed by atoms with E-state index in [-0.39, 0.29) is 27.1 Å². The third-order valence-electron chi connectivity index (χ3n) is 2.40. The van der Waals surface area contributed by atoms with E-state index in [0.29, 0.717) is 5.69 Å². The number of nitrogens with one attached hydrogen (secondary N) is 1. The standard InChI is InChI=1S/C13H9Cl2NO3/c14-10-3-1-7(17)5-9(10)13(19)16-12-4-2-8(18)6-11(12)15/h1-6,17-18H,(H,16,19). The predicted octanol–water partition coefficient (Wildman–Crippen LogP) is 3.66. The average molecular weight is 298 g/mol. The van der Waals surface area contributed by atoms with E-state index in [1.54, 1.807) is 0 Å². The molecule has 0 aromatic heterocycles. The highest BCUT2D eigenvalue weighted by atomic mass is 35.5. The fraction of sp³-hybridized carbons (Fsp3) is 0. The molecule has 4 nitrogen and oxygen atoms in total. The van der Waals surface area contributed by atoms with Crippen molar-refractivity contribution in [1.82, 2.24) is 0 Å². The zero-order chi connectivity index (χ0) is 14.0. The molecule has 3 N–H and O–H groups in total. The minimum absolute atomic E-state index is 0.00149. The first kappa shape index (κ1) is 13.5. The van der Waals surface area contributed by atoms with Crippen LogP contribution in [0.15, 0.2) is 36.4 Å². The Morgan fingerprint density at radius 3 is 2.26 bits per heavy atom. The van der Waals surface area contributed by atoms with Gasteiger partial charge in [-0.2, -0.15) is 0 Å². The molecule has 0 bridgehead atoms. The molecule has 0 radical (unpaired) electrons. The van der Waals surface area contributed by atoms with Crippen molar-refractivity contribution >= 4 is 34.8 Å². The fourth-order valence-electron chi connectivity index (χ4n) is 1.48. The third-order valence-corrected chi connectivity index (χ3v) is 3.04. The van der Waals surface area contributed by atoms with Gasteiger partial charge in [0.15, 0.2) is 0 Å². The summed E-state index contributed by atoms with van der Waals surface area (Å²) in [5.41, 5.74) is 0.467. The molecule has 0 atom stereocenters. The van der Waals surface area contributed by atoms with Gasteiger partial charge < -0.3 is 15.5 Å². The Bertz CT molecular complexity index is 644. The van der Waals surface area contributed by atoms with E-state index in [0.717, 1.165) is 0 Å². The van der Waals surface area contributed by atoms with Crippen LogP contribution in [0, 0.1) is 0 Å². The molecule has 0 unspecified atom stereocenters. The van der Waals surface area contributed by atoms with E-state index in [1.807, 2.05) is 0 Å². The van der Waals surface area contributed by atoms with Crippen LogP contribution in [-0.2, 0) is 0 Å². The number of amides is 1. The molecular formula is C13H9Cl2NO3. The monoisotopic (exact) mass is 297 g/mol. The normalized spacial score (nSPS) is 10.2. The van der Waals surface area contributed by atoms with Crippen LogP contribution >= 0.6 is 23.2 Å². The van der Waals surface area contributed by atoms with Crippen molar-refractivity contribution in [3.05, 3.63) is 52.0 Å². The van der Waals surface area contributed by atoms with Crippen LogP contribution in [0.4, 0.5) is 5.69 Å². The number of benzene rings is 2. The van der Waals surface area contributed by atoms with Crippen LogP contribution < -0.4 is 5.32 Å². The number of carbonyl (C=O) groups excluding carboxylic acids is 1. The second kappa shape index (κ2) is 5.38. The molecule has 19 heavy (non-hydrogen) atoms. The minimum atomic E-state index is -0.506. The van der Waals surface area contributed by atoms with Crippen molar-refractivity contribution < 1.29 is 15.0 Å². The summed E-state index contributed by atoms with van der Waals surface area (Å²) in [5, 5.41) is 21.5. The highest BCUT2D eigenvalue weighted by Gasteiger charge is 2.13. The minimum Gasteiger partial charge on any atom is -0.508 e. The fourth-order valence-corrected chi connectivity index (χ4v) is 1.91. The molecule has 0 heterocycles. The molecular weight excluding hydrogens is 289 g/mol. The van der Waals surface area contributed by atoms with Gasteiger partial charge in [-0.1, -0.05) is 23.2 Å². The number of phenols is 2. The van der Waals surface area contributed by atoms with E-state index < -0.39 is 5.91 Å². The van der Waals surface area contributed by atoms with Crippen LogP contribution in [0.5, 0.6) is 11.5 Å². The first-order valence-electron chi connectivity index (χ1n) is 5.26. The van der Waals surface area contributed by atoms with Crippen molar-refractivity contribution in [2.45, 2.75) is 0 Å². The Morgan fingerprint density at radius 2 is 1.58 bits per heavy atom.